The van der Waals surface area contributed by atoms with Crippen molar-refractivity contribution in [2.75, 3.05) is 6.61 Å². The number of alkyl halides is 3. The molecule has 2 heterocycles. The summed E-state index contributed by atoms with van der Waals surface area (Å²) in [7, 11) is 1.45. The first-order chi connectivity index (χ1) is 13.1. The molecule has 0 amide bonds. The number of ether oxygens (including phenoxy) is 1. The Labute approximate surface area is 159 Å². The molecule has 0 radical (unpaired) electrons. The molecule has 3 aromatic rings. The third-order valence-corrected chi connectivity index (χ3v) is 4.47. The number of pyridine rings is 1. The zero-order valence-corrected chi connectivity index (χ0v) is 15.6. The van der Waals surface area contributed by atoms with Crippen LogP contribution in [0, 0.1) is 6.92 Å². The molecule has 0 atom stereocenters. The summed E-state index contributed by atoms with van der Waals surface area (Å²) in [6, 6.07) is 9.30. The number of benzene rings is 1. The summed E-state index contributed by atoms with van der Waals surface area (Å²) >= 11 is 0. The van der Waals surface area contributed by atoms with Crippen LogP contribution in [0.3, 0.4) is 0 Å². The minimum absolute atomic E-state index is 0.233. The molecule has 3 rings (SSSR count). The topological polar surface area (TPSA) is 64.3 Å². The van der Waals surface area contributed by atoms with Crippen molar-refractivity contribution in [1.29, 1.82) is 0 Å². The quantitative estimate of drug-likeness (QED) is 0.681. The summed E-state index contributed by atoms with van der Waals surface area (Å²) < 4.78 is 44.2. The van der Waals surface area contributed by atoms with E-state index >= 15 is 0 Å². The Morgan fingerprint density at radius 1 is 1.25 bits per heavy atom. The number of fused-ring (bicyclic) bond motifs is 1. The zero-order valence-electron chi connectivity index (χ0n) is 15.6. The summed E-state index contributed by atoms with van der Waals surface area (Å²) in [5, 5.41) is 9.74. The minimum atomic E-state index is -4.59. The van der Waals surface area contributed by atoms with Gasteiger partial charge in [-0.15, -0.1) is 0 Å². The number of aromatic carboxylic acids is 1. The normalized spacial score (nSPS) is 11.8. The molecule has 0 saturated heterocycles. The number of rotatable bonds is 5. The summed E-state index contributed by atoms with van der Waals surface area (Å²) in [6.07, 6.45) is -4.01. The maximum Gasteiger partial charge on any atom is 0.422 e. The molecule has 28 heavy (non-hydrogen) atoms. The number of hydrogen-bond donors (Lipinski definition) is 1. The van der Waals surface area contributed by atoms with E-state index in [9.17, 15) is 23.1 Å². The lowest BCUT2D eigenvalue weighted by Crippen LogP contribution is -2.20. The van der Waals surface area contributed by atoms with Gasteiger partial charge in [-0.1, -0.05) is 36.8 Å². The lowest BCUT2D eigenvalue weighted by Gasteiger charge is -2.11. The zero-order chi connectivity index (χ0) is 20.6. The Morgan fingerprint density at radius 3 is 2.43 bits per heavy atom. The van der Waals surface area contributed by atoms with Crippen molar-refractivity contribution in [3.63, 3.8) is 0 Å². The predicted molar refractivity (Wildman–Crippen MR) is 98.8 cm³/mol. The van der Waals surface area contributed by atoms with E-state index in [2.05, 4.69) is 4.98 Å². The standard InChI is InChI=1S/C20H19F3N2O3/c1-4-15-13(12-7-5-11(2)6-8-12)9-14-17(28-10-20(21,22)23)16(19(26)27)25(3)18(14)24-15/h5-9H,4,10H2,1-3H3,(H,26,27). The fourth-order valence-corrected chi connectivity index (χ4v) is 3.14. The Hall–Kier alpha value is -3.03. The van der Waals surface area contributed by atoms with Gasteiger partial charge in [0.05, 0.1) is 11.1 Å². The number of nitrogens with zero attached hydrogens (tertiary/aromatic N) is 2. The second-order valence-corrected chi connectivity index (χ2v) is 6.52. The fourth-order valence-electron chi connectivity index (χ4n) is 3.14. The van der Waals surface area contributed by atoms with Gasteiger partial charge in [0.1, 0.15) is 5.65 Å². The number of carboxylic acid groups (broad SMARTS) is 1. The highest BCUT2D eigenvalue weighted by atomic mass is 19.4. The van der Waals surface area contributed by atoms with Crippen LogP contribution in [0.15, 0.2) is 30.3 Å². The Balaban J connectivity index is 2.27. The van der Waals surface area contributed by atoms with Gasteiger partial charge in [-0.05, 0) is 25.0 Å². The molecule has 5 nitrogen and oxygen atoms in total. The third kappa shape index (κ3) is 3.67. The molecule has 0 spiro atoms. The number of carboxylic acids is 1. The van der Waals surface area contributed by atoms with Crippen molar-refractivity contribution < 1.29 is 27.8 Å². The van der Waals surface area contributed by atoms with E-state index in [1.807, 2.05) is 38.1 Å². The number of carbonyl (C=O) groups is 1. The average molecular weight is 392 g/mol. The van der Waals surface area contributed by atoms with Gasteiger partial charge in [0.2, 0.25) is 0 Å². The van der Waals surface area contributed by atoms with Crippen molar-refractivity contribution in [2.45, 2.75) is 26.4 Å². The van der Waals surface area contributed by atoms with E-state index in [-0.39, 0.29) is 22.5 Å². The van der Waals surface area contributed by atoms with Gasteiger partial charge < -0.3 is 14.4 Å². The largest absolute Gasteiger partial charge is 0.481 e. The molecule has 2 aromatic heterocycles. The first-order valence-corrected chi connectivity index (χ1v) is 8.64. The van der Waals surface area contributed by atoms with Crippen LogP contribution >= 0.6 is 0 Å². The van der Waals surface area contributed by atoms with Crippen molar-refractivity contribution >= 4 is 17.0 Å². The van der Waals surface area contributed by atoms with Crippen LogP contribution in [0.2, 0.25) is 0 Å². The van der Waals surface area contributed by atoms with E-state index in [1.54, 1.807) is 6.07 Å². The molecule has 1 N–H and O–H groups in total. The van der Waals surface area contributed by atoms with Crippen LogP contribution in [0.25, 0.3) is 22.2 Å². The Morgan fingerprint density at radius 2 is 1.89 bits per heavy atom. The lowest BCUT2D eigenvalue weighted by molar-refractivity contribution is -0.153. The molecule has 1 aromatic carbocycles. The highest BCUT2D eigenvalue weighted by Crippen LogP contribution is 2.37. The Kier molecular flexibility index (Phi) is 5.06. The summed E-state index contributed by atoms with van der Waals surface area (Å²) in [4.78, 5) is 16.2. The summed E-state index contributed by atoms with van der Waals surface area (Å²) in [5.74, 6) is -1.71. The molecular weight excluding hydrogens is 373 g/mol. The summed E-state index contributed by atoms with van der Waals surface area (Å²) in [6.45, 7) is 2.28. The minimum Gasteiger partial charge on any atom is -0.481 e. The van der Waals surface area contributed by atoms with E-state index in [0.717, 1.165) is 22.4 Å². The average Bonchev–Trinajstić information content (AvgIpc) is 2.90. The molecular formula is C20H19F3N2O3. The number of halogens is 3. The van der Waals surface area contributed by atoms with E-state index in [4.69, 9.17) is 4.74 Å². The second-order valence-electron chi connectivity index (χ2n) is 6.52. The molecule has 0 fully saturated rings. The number of aryl methyl sites for hydroxylation is 3. The van der Waals surface area contributed by atoms with Crippen molar-refractivity contribution in [1.82, 2.24) is 9.55 Å². The van der Waals surface area contributed by atoms with E-state index in [1.165, 1.54) is 11.6 Å². The second kappa shape index (κ2) is 7.18. The molecule has 0 aliphatic rings. The molecule has 8 heteroatoms. The van der Waals surface area contributed by atoms with Crippen LogP contribution in [0.5, 0.6) is 5.75 Å². The van der Waals surface area contributed by atoms with Gasteiger partial charge in [-0.25, -0.2) is 9.78 Å². The third-order valence-electron chi connectivity index (χ3n) is 4.47. The molecule has 0 aliphatic carbocycles. The molecule has 0 unspecified atom stereocenters. The summed E-state index contributed by atoms with van der Waals surface area (Å²) in [5.41, 5.74) is 3.26. The number of hydrogen-bond acceptors (Lipinski definition) is 3. The predicted octanol–water partition coefficient (Wildman–Crippen LogP) is 4.75. The SMILES string of the molecule is CCc1nc2c(cc1-c1ccc(C)cc1)c(OCC(F)(F)F)c(C(=O)O)n2C. The fraction of sp³-hybridized carbons (Fsp3) is 0.300. The van der Waals surface area contributed by atoms with Crippen LogP contribution in [-0.4, -0.2) is 33.4 Å². The molecule has 0 bridgehead atoms. The van der Waals surface area contributed by atoms with Crippen LogP contribution in [-0.2, 0) is 13.5 Å². The molecule has 0 aliphatic heterocycles. The van der Waals surface area contributed by atoms with Gasteiger partial charge in [0, 0.05) is 12.6 Å². The van der Waals surface area contributed by atoms with Gasteiger partial charge >= 0.3 is 12.1 Å². The van der Waals surface area contributed by atoms with Crippen LogP contribution < -0.4 is 4.74 Å². The van der Waals surface area contributed by atoms with Crippen molar-refractivity contribution in [3.05, 3.63) is 47.3 Å². The molecule has 148 valence electrons. The van der Waals surface area contributed by atoms with E-state index < -0.39 is 18.8 Å². The highest BCUT2D eigenvalue weighted by Gasteiger charge is 2.32. The maximum atomic E-state index is 12.7. The van der Waals surface area contributed by atoms with Gasteiger partial charge in [0.25, 0.3) is 0 Å². The maximum absolute atomic E-state index is 12.7. The van der Waals surface area contributed by atoms with Crippen molar-refractivity contribution in [3.8, 4) is 16.9 Å². The van der Waals surface area contributed by atoms with Gasteiger partial charge in [-0.2, -0.15) is 13.2 Å². The molecule has 0 saturated carbocycles. The first-order valence-electron chi connectivity index (χ1n) is 8.64. The number of aromatic nitrogens is 2. The van der Waals surface area contributed by atoms with Crippen LogP contribution in [0.4, 0.5) is 13.2 Å². The van der Waals surface area contributed by atoms with Gasteiger partial charge in [0.15, 0.2) is 18.1 Å². The lowest BCUT2D eigenvalue weighted by atomic mass is 10.0. The van der Waals surface area contributed by atoms with Crippen LogP contribution in [0.1, 0.15) is 28.7 Å². The smallest absolute Gasteiger partial charge is 0.422 e. The van der Waals surface area contributed by atoms with Crippen molar-refractivity contribution in [2.24, 2.45) is 7.05 Å². The van der Waals surface area contributed by atoms with E-state index in [0.29, 0.717) is 6.42 Å². The monoisotopic (exact) mass is 392 g/mol. The highest BCUT2D eigenvalue weighted by molar-refractivity contribution is 6.01. The first kappa shape index (κ1) is 19.7. The van der Waals surface area contributed by atoms with Gasteiger partial charge in [-0.3, -0.25) is 0 Å². The Bertz CT molecular complexity index is 1040.